The third-order valence-electron chi connectivity index (χ3n) is 1.75. The molecule has 0 aliphatic rings. The summed E-state index contributed by atoms with van der Waals surface area (Å²) in [7, 11) is 0. The first-order valence-electron chi connectivity index (χ1n) is 4.15. The zero-order valence-electron chi connectivity index (χ0n) is 7.26. The maximum Gasteiger partial charge on any atom is 0.213 e. The summed E-state index contributed by atoms with van der Waals surface area (Å²) in [6, 6.07) is 1.39. The van der Waals surface area contributed by atoms with Gasteiger partial charge in [-0.2, -0.15) is 4.39 Å². The van der Waals surface area contributed by atoms with Crippen LogP contribution in [0.2, 0.25) is 0 Å². The lowest BCUT2D eigenvalue weighted by atomic mass is 10.1. The minimum atomic E-state index is -0.445. The van der Waals surface area contributed by atoms with Crippen molar-refractivity contribution in [2.45, 2.75) is 19.3 Å². The van der Waals surface area contributed by atoms with Crippen molar-refractivity contribution in [3.63, 3.8) is 0 Å². The molecule has 1 aromatic rings. The predicted octanol–water partition coefficient (Wildman–Crippen LogP) is 3.49. The second-order valence-electron chi connectivity index (χ2n) is 2.78. The third kappa shape index (κ3) is 3.27. The van der Waals surface area contributed by atoms with E-state index in [0.717, 1.165) is 29.3 Å². The second kappa shape index (κ2) is 5.12. The Hall–Kier alpha value is -0.700. The monoisotopic (exact) mass is 243 g/mol. The van der Waals surface area contributed by atoms with Gasteiger partial charge >= 0.3 is 0 Å². The van der Waals surface area contributed by atoms with Crippen LogP contribution in [0.3, 0.4) is 0 Å². The molecule has 0 aliphatic carbocycles. The molecule has 0 aromatic carbocycles. The van der Waals surface area contributed by atoms with Gasteiger partial charge < -0.3 is 0 Å². The third-order valence-corrected chi connectivity index (χ3v) is 2.49. The van der Waals surface area contributed by atoms with Crippen molar-refractivity contribution in [1.82, 2.24) is 4.98 Å². The second-order valence-corrected chi connectivity index (χ2v) is 3.63. The van der Waals surface area contributed by atoms with Gasteiger partial charge in [0.05, 0.1) is 0 Å². The average molecular weight is 244 g/mol. The molecule has 0 bridgehead atoms. The van der Waals surface area contributed by atoms with E-state index in [9.17, 15) is 4.39 Å². The SMILES string of the molecule is C=CCCCc1cnc(F)cc1Br. The van der Waals surface area contributed by atoms with E-state index in [1.165, 1.54) is 6.07 Å². The van der Waals surface area contributed by atoms with Crippen molar-refractivity contribution in [3.05, 3.63) is 40.9 Å². The molecule has 1 rings (SSSR count). The number of pyridine rings is 1. The quantitative estimate of drug-likeness (QED) is 0.448. The molecule has 0 radical (unpaired) electrons. The molecule has 0 saturated carbocycles. The van der Waals surface area contributed by atoms with Gasteiger partial charge in [0, 0.05) is 16.7 Å². The molecule has 0 spiro atoms. The summed E-state index contributed by atoms with van der Waals surface area (Å²) < 4.78 is 13.4. The molecule has 0 amide bonds. The average Bonchev–Trinajstić information content (AvgIpc) is 2.09. The number of rotatable bonds is 4. The molecule has 13 heavy (non-hydrogen) atoms. The Morgan fingerprint density at radius 3 is 3.00 bits per heavy atom. The van der Waals surface area contributed by atoms with E-state index in [2.05, 4.69) is 27.5 Å². The predicted molar refractivity (Wildman–Crippen MR) is 55.0 cm³/mol. The topological polar surface area (TPSA) is 12.9 Å². The van der Waals surface area contributed by atoms with Gasteiger partial charge in [-0.05, 0) is 24.8 Å². The van der Waals surface area contributed by atoms with E-state index in [1.54, 1.807) is 6.20 Å². The summed E-state index contributed by atoms with van der Waals surface area (Å²) in [6.45, 7) is 3.64. The fourth-order valence-corrected chi connectivity index (χ4v) is 1.55. The summed E-state index contributed by atoms with van der Waals surface area (Å²) in [5.74, 6) is -0.445. The maximum atomic E-state index is 12.6. The molecule has 1 heterocycles. The van der Waals surface area contributed by atoms with Crippen LogP contribution < -0.4 is 0 Å². The van der Waals surface area contributed by atoms with Crippen molar-refractivity contribution in [3.8, 4) is 0 Å². The molecule has 0 aliphatic heterocycles. The molecule has 0 atom stereocenters. The van der Waals surface area contributed by atoms with Gasteiger partial charge in [0.15, 0.2) is 0 Å². The smallest absolute Gasteiger partial charge is 0.213 e. The summed E-state index contributed by atoms with van der Waals surface area (Å²) >= 11 is 3.29. The van der Waals surface area contributed by atoms with Crippen LogP contribution in [0.15, 0.2) is 29.4 Å². The molecule has 3 heteroatoms. The van der Waals surface area contributed by atoms with Gasteiger partial charge in [0.25, 0.3) is 0 Å². The number of nitrogens with zero attached hydrogens (tertiary/aromatic N) is 1. The van der Waals surface area contributed by atoms with Crippen molar-refractivity contribution >= 4 is 15.9 Å². The van der Waals surface area contributed by atoms with Crippen LogP contribution in [0.5, 0.6) is 0 Å². The van der Waals surface area contributed by atoms with Crippen LogP contribution in [0.4, 0.5) is 4.39 Å². The van der Waals surface area contributed by atoms with Crippen molar-refractivity contribution in [1.29, 1.82) is 0 Å². The minimum Gasteiger partial charge on any atom is -0.228 e. The zero-order chi connectivity index (χ0) is 9.68. The highest BCUT2D eigenvalue weighted by Crippen LogP contribution is 2.18. The van der Waals surface area contributed by atoms with Crippen LogP contribution in [0.1, 0.15) is 18.4 Å². The van der Waals surface area contributed by atoms with Gasteiger partial charge in [0.1, 0.15) is 0 Å². The highest BCUT2D eigenvalue weighted by Gasteiger charge is 2.01. The minimum absolute atomic E-state index is 0.445. The Labute approximate surface area is 85.8 Å². The Morgan fingerprint density at radius 2 is 2.38 bits per heavy atom. The lowest BCUT2D eigenvalue weighted by Gasteiger charge is -2.01. The number of allylic oxidation sites excluding steroid dienone is 1. The van der Waals surface area contributed by atoms with Crippen molar-refractivity contribution < 1.29 is 4.39 Å². The van der Waals surface area contributed by atoms with E-state index in [4.69, 9.17) is 0 Å². The van der Waals surface area contributed by atoms with Crippen LogP contribution in [-0.4, -0.2) is 4.98 Å². The van der Waals surface area contributed by atoms with E-state index in [0.29, 0.717) is 0 Å². The van der Waals surface area contributed by atoms with Crippen LogP contribution >= 0.6 is 15.9 Å². The van der Waals surface area contributed by atoms with E-state index in [1.807, 2.05) is 6.08 Å². The lowest BCUT2D eigenvalue weighted by Crippen LogP contribution is -1.91. The highest BCUT2D eigenvalue weighted by atomic mass is 79.9. The Kier molecular flexibility index (Phi) is 4.09. The van der Waals surface area contributed by atoms with E-state index >= 15 is 0 Å². The van der Waals surface area contributed by atoms with Crippen LogP contribution in [0.25, 0.3) is 0 Å². The molecule has 1 nitrogen and oxygen atoms in total. The lowest BCUT2D eigenvalue weighted by molar-refractivity contribution is 0.580. The zero-order valence-corrected chi connectivity index (χ0v) is 8.85. The number of hydrogen-bond donors (Lipinski definition) is 0. The Morgan fingerprint density at radius 1 is 1.62 bits per heavy atom. The normalized spacial score (nSPS) is 10.0. The number of aromatic nitrogens is 1. The van der Waals surface area contributed by atoms with E-state index < -0.39 is 5.95 Å². The van der Waals surface area contributed by atoms with Gasteiger partial charge in [-0.25, -0.2) is 4.98 Å². The first-order valence-corrected chi connectivity index (χ1v) is 4.94. The number of halogens is 2. The summed E-state index contributed by atoms with van der Waals surface area (Å²) in [6.07, 6.45) is 6.35. The summed E-state index contributed by atoms with van der Waals surface area (Å²) in [5.41, 5.74) is 1.04. The van der Waals surface area contributed by atoms with Gasteiger partial charge in [0.2, 0.25) is 5.95 Å². The molecule has 0 saturated heterocycles. The fourth-order valence-electron chi connectivity index (χ4n) is 1.06. The number of aryl methyl sites for hydroxylation is 1. The number of unbranched alkanes of at least 4 members (excludes halogenated alkanes) is 1. The van der Waals surface area contributed by atoms with Gasteiger partial charge in [-0.1, -0.05) is 22.0 Å². The van der Waals surface area contributed by atoms with Crippen LogP contribution in [-0.2, 0) is 6.42 Å². The highest BCUT2D eigenvalue weighted by molar-refractivity contribution is 9.10. The summed E-state index contributed by atoms with van der Waals surface area (Å²) in [5, 5.41) is 0. The first-order chi connectivity index (χ1) is 6.24. The van der Waals surface area contributed by atoms with Gasteiger partial charge in [-0.15, -0.1) is 6.58 Å². The molecule has 0 fully saturated rings. The fraction of sp³-hybridized carbons (Fsp3) is 0.300. The molecular weight excluding hydrogens is 233 g/mol. The van der Waals surface area contributed by atoms with Crippen LogP contribution in [0, 0.1) is 5.95 Å². The molecule has 70 valence electrons. The summed E-state index contributed by atoms with van der Waals surface area (Å²) in [4.78, 5) is 3.60. The maximum absolute atomic E-state index is 12.6. The van der Waals surface area contributed by atoms with Crippen molar-refractivity contribution in [2.24, 2.45) is 0 Å². The molecule has 0 unspecified atom stereocenters. The first kappa shape index (κ1) is 10.4. The standard InChI is InChI=1S/C10H11BrFN/c1-2-3-4-5-8-7-13-10(12)6-9(8)11/h2,6-7H,1,3-5H2. The van der Waals surface area contributed by atoms with E-state index in [-0.39, 0.29) is 0 Å². The Balaban J connectivity index is 2.61. The van der Waals surface area contributed by atoms with Crippen molar-refractivity contribution in [2.75, 3.05) is 0 Å². The molecular formula is C10H11BrFN. The molecule has 0 N–H and O–H groups in total. The molecule has 1 aromatic heterocycles. The largest absolute Gasteiger partial charge is 0.228 e. The Bertz CT molecular complexity index is 299. The van der Waals surface area contributed by atoms with Gasteiger partial charge in [-0.3, -0.25) is 0 Å². The number of hydrogen-bond acceptors (Lipinski definition) is 1.